The van der Waals surface area contributed by atoms with Gasteiger partial charge in [0.15, 0.2) is 10.8 Å². The van der Waals surface area contributed by atoms with Gasteiger partial charge in [0.1, 0.15) is 23.4 Å². The van der Waals surface area contributed by atoms with Crippen LogP contribution >= 0.6 is 22.9 Å². The molecule has 2 atom stereocenters. The number of hydrogen-bond acceptors (Lipinski definition) is 10. The number of carbonyl (C=O) groups excluding carboxylic acids is 1. The standard InChI is InChI=1S/C21H21ClFN5O5S/c1-2-33-21(31)16-14(8-28-5-6-32-9-15(28)20(29)30)25-18(19-27-24-10-34-19)26-17(16)12-4-3-11(23)7-13(12)22/h3-4,7,10,15,17H,2,5-6,8-9H2,1H3,(H,25,26)(H,29,30). The van der Waals surface area contributed by atoms with Crippen LogP contribution < -0.4 is 5.32 Å². The molecule has 0 aliphatic carbocycles. The molecule has 4 rings (SSSR count). The molecular weight excluding hydrogens is 489 g/mol. The van der Waals surface area contributed by atoms with Crippen molar-refractivity contribution < 1.29 is 28.6 Å². The number of amidine groups is 1. The Hall–Kier alpha value is -2.93. The van der Waals surface area contributed by atoms with Crippen LogP contribution in [0.25, 0.3) is 0 Å². The van der Waals surface area contributed by atoms with Crippen molar-refractivity contribution in [2.45, 2.75) is 19.0 Å². The van der Waals surface area contributed by atoms with E-state index in [1.807, 2.05) is 0 Å². The van der Waals surface area contributed by atoms with Gasteiger partial charge in [-0.15, -0.1) is 10.2 Å². The van der Waals surface area contributed by atoms with Crippen molar-refractivity contribution >= 4 is 40.7 Å². The number of ether oxygens (including phenoxy) is 2. The number of benzene rings is 1. The lowest BCUT2D eigenvalue weighted by Crippen LogP contribution is -2.52. The first-order chi connectivity index (χ1) is 16.4. The summed E-state index contributed by atoms with van der Waals surface area (Å²) in [4.78, 5) is 31.3. The van der Waals surface area contributed by atoms with Crippen molar-refractivity contribution in [3.8, 4) is 0 Å². The number of aromatic nitrogens is 2. The maximum absolute atomic E-state index is 13.8. The molecule has 180 valence electrons. The van der Waals surface area contributed by atoms with E-state index in [1.54, 1.807) is 11.8 Å². The normalized spacial score (nSPS) is 21.1. The lowest BCUT2D eigenvalue weighted by molar-refractivity contribution is -0.149. The van der Waals surface area contributed by atoms with Crippen LogP contribution in [0, 0.1) is 5.82 Å². The molecule has 0 saturated carbocycles. The SMILES string of the molecule is CCOC(=O)C1=C(CN2CCOCC2C(=O)O)NC(c2nncs2)=NC1c1ccc(F)cc1Cl. The van der Waals surface area contributed by atoms with Crippen molar-refractivity contribution in [1.82, 2.24) is 20.4 Å². The number of nitrogens with one attached hydrogen (secondary N) is 1. The van der Waals surface area contributed by atoms with Crippen LogP contribution in [0.4, 0.5) is 4.39 Å². The highest BCUT2D eigenvalue weighted by molar-refractivity contribution is 7.11. The second kappa shape index (κ2) is 10.6. The second-order valence-corrected chi connectivity index (χ2v) is 8.67. The molecule has 10 nitrogen and oxygen atoms in total. The zero-order valence-electron chi connectivity index (χ0n) is 18.0. The molecule has 1 saturated heterocycles. The Morgan fingerprint density at radius 2 is 2.26 bits per heavy atom. The van der Waals surface area contributed by atoms with E-state index in [-0.39, 0.29) is 30.4 Å². The highest BCUT2D eigenvalue weighted by Crippen LogP contribution is 2.37. The number of carboxylic acid groups (broad SMARTS) is 1. The summed E-state index contributed by atoms with van der Waals surface area (Å²) >= 11 is 7.58. The molecule has 0 spiro atoms. The van der Waals surface area contributed by atoms with Crippen molar-refractivity contribution in [3.05, 3.63) is 56.4 Å². The van der Waals surface area contributed by atoms with E-state index >= 15 is 0 Å². The highest BCUT2D eigenvalue weighted by atomic mass is 35.5. The van der Waals surface area contributed by atoms with Gasteiger partial charge in [0.05, 0.1) is 25.4 Å². The van der Waals surface area contributed by atoms with Gasteiger partial charge in [0, 0.05) is 29.4 Å². The average Bonchev–Trinajstić information content (AvgIpc) is 3.34. The van der Waals surface area contributed by atoms with Gasteiger partial charge in [-0.2, -0.15) is 0 Å². The van der Waals surface area contributed by atoms with E-state index in [9.17, 15) is 19.1 Å². The fourth-order valence-corrected chi connectivity index (χ4v) is 4.54. The number of hydrogen-bond donors (Lipinski definition) is 2. The fourth-order valence-electron chi connectivity index (χ4n) is 3.76. The fraction of sp³-hybridized carbons (Fsp3) is 0.381. The average molecular weight is 510 g/mol. The molecule has 2 aliphatic heterocycles. The summed E-state index contributed by atoms with van der Waals surface area (Å²) in [6, 6.07) is 1.99. The number of halogens is 2. The van der Waals surface area contributed by atoms with E-state index in [1.165, 1.54) is 29.0 Å². The molecule has 0 amide bonds. The Morgan fingerprint density at radius 3 is 2.94 bits per heavy atom. The van der Waals surface area contributed by atoms with Crippen LogP contribution in [0.3, 0.4) is 0 Å². The molecule has 2 unspecified atom stereocenters. The third-order valence-corrected chi connectivity index (χ3v) is 6.35. The molecule has 1 fully saturated rings. The molecule has 34 heavy (non-hydrogen) atoms. The van der Waals surface area contributed by atoms with E-state index in [0.29, 0.717) is 35.3 Å². The third kappa shape index (κ3) is 5.09. The van der Waals surface area contributed by atoms with Gasteiger partial charge < -0.3 is 19.9 Å². The predicted octanol–water partition coefficient (Wildman–Crippen LogP) is 2.02. The van der Waals surface area contributed by atoms with Crippen LogP contribution in [0.2, 0.25) is 5.02 Å². The minimum atomic E-state index is -1.04. The molecule has 2 aliphatic rings. The quantitative estimate of drug-likeness (QED) is 0.539. The van der Waals surface area contributed by atoms with Gasteiger partial charge in [-0.1, -0.05) is 29.0 Å². The highest BCUT2D eigenvalue weighted by Gasteiger charge is 2.37. The summed E-state index contributed by atoms with van der Waals surface area (Å²) in [5.74, 6) is -1.88. The Labute approximate surface area is 203 Å². The lowest BCUT2D eigenvalue weighted by atomic mass is 9.95. The minimum absolute atomic E-state index is 0.0158. The summed E-state index contributed by atoms with van der Waals surface area (Å²) in [7, 11) is 0. The van der Waals surface area contributed by atoms with Crippen LogP contribution in [0.15, 0.2) is 40.0 Å². The number of esters is 1. The zero-order chi connectivity index (χ0) is 24.2. The first kappa shape index (κ1) is 24.2. The molecule has 0 radical (unpaired) electrons. The second-order valence-electron chi connectivity index (χ2n) is 7.43. The minimum Gasteiger partial charge on any atom is -0.480 e. The first-order valence-corrected chi connectivity index (χ1v) is 11.7. The van der Waals surface area contributed by atoms with Crippen LogP contribution in [-0.2, 0) is 19.1 Å². The number of morpholine rings is 1. The maximum atomic E-state index is 13.8. The Bertz CT molecular complexity index is 1140. The molecular formula is C21H21ClFN5O5S. The van der Waals surface area contributed by atoms with Gasteiger partial charge in [-0.05, 0) is 19.1 Å². The summed E-state index contributed by atoms with van der Waals surface area (Å²) < 4.78 is 24.4. The van der Waals surface area contributed by atoms with Gasteiger partial charge in [-0.3, -0.25) is 14.7 Å². The molecule has 1 aromatic heterocycles. The van der Waals surface area contributed by atoms with Crippen molar-refractivity contribution in [3.63, 3.8) is 0 Å². The largest absolute Gasteiger partial charge is 0.480 e. The summed E-state index contributed by atoms with van der Waals surface area (Å²) in [6.07, 6.45) is 0. The van der Waals surface area contributed by atoms with E-state index in [2.05, 4.69) is 20.5 Å². The summed E-state index contributed by atoms with van der Waals surface area (Å²) in [6.45, 7) is 2.56. The Morgan fingerprint density at radius 1 is 1.44 bits per heavy atom. The van der Waals surface area contributed by atoms with Crippen LogP contribution in [0.5, 0.6) is 0 Å². The number of carboxylic acids is 1. The topological polar surface area (TPSA) is 126 Å². The predicted molar refractivity (Wildman–Crippen MR) is 121 cm³/mol. The first-order valence-electron chi connectivity index (χ1n) is 10.4. The van der Waals surface area contributed by atoms with Crippen molar-refractivity contribution in [2.24, 2.45) is 4.99 Å². The number of rotatable bonds is 7. The molecule has 3 heterocycles. The van der Waals surface area contributed by atoms with Crippen LogP contribution in [-0.4, -0.2) is 76.9 Å². The van der Waals surface area contributed by atoms with E-state index in [0.717, 1.165) is 6.07 Å². The summed E-state index contributed by atoms with van der Waals surface area (Å²) in [5.41, 5.74) is 2.46. The van der Waals surface area contributed by atoms with Gasteiger partial charge >= 0.3 is 11.9 Å². The number of aliphatic carboxylic acids is 1. The van der Waals surface area contributed by atoms with Crippen LogP contribution in [0.1, 0.15) is 23.5 Å². The molecule has 2 aromatic rings. The van der Waals surface area contributed by atoms with Gasteiger partial charge in [0.2, 0.25) is 0 Å². The van der Waals surface area contributed by atoms with Crippen molar-refractivity contribution in [2.75, 3.05) is 32.9 Å². The number of nitrogens with zero attached hydrogens (tertiary/aromatic N) is 4. The van der Waals surface area contributed by atoms with Gasteiger partial charge in [0.25, 0.3) is 0 Å². The maximum Gasteiger partial charge on any atom is 0.338 e. The van der Waals surface area contributed by atoms with Crippen molar-refractivity contribution in [1.29, 1.82) is 0 Å². The molecule has 1 aromatic carbocycles. The number of carbonyl (C=O) groups is 2. The smallest absolute Gasteiger partial charge is 0.338 e. The Kier molecular flexibility index (Phi) is 7.51. The third-order valence-electron chi connectivity index (χ3n) is 5.33. The summed E-state index contributed by atoms with van der Waals surface area (Å²) in [5, 5.41) is 21.2. The lowest BCUT2D eigenvalue weighted by Gasteiger charge is -2.35. The molecule has 13 heteroatoms. The molecule has 2 N–H and O–H groups in total. The molecule has 0 bridgehead atoms. The number of aliphatic imine (C=N–C) groups is 1. The van der Waals surface area contributed by atoms with Gasteiger partial charge in [-0.25, -0.2) is 9.18 Å². The Balaban J connectivity index is 1.83. The van der Waals surface area contributed by atoms with E-state index < -0.39 is 29.8 Å². The zero-order valence-corrected chi connectivity index (χ0v) is 19.6. The van der Waals surface area contributed by atoms with E-state index in [4.69, 9.17) is 21.1 Å². The monoisotopic (exact) mass is 509 g/mol.